The molecule has 3 heteroatoms. The number of urea groups is 1. The number of amides is 2. The lowest BCUT2D eigenvalue weighted by Gasteiger charge is -2.18. The van der Waals surface area contributed by atoms with Crippen LogP contribution in [0.15, 0.2) is 18.2 Å². The molecule has 0 saturated heterocycles. The molecule has 0 radical (unpaired) electrons. The number of aryl methyl sites for hydroxylation is 1. The number of rotatable bonds is 4. The summed E-state index contributed by atoms with van der Waals surface area (Å²) in [6.45, 7) is 10.3. The van der Waals surface area contributed by atoms with Crippen molar-refractivity contribution < 1.29 is 4.79 Å². The fraction of sp³-hybridized carbons (Fsp3) is 0.533. The van der Waals surface area contributed by atoms with Crippen LogP contribution in [0.1, 0.15) is 51.2 Å². The van der Waals surface area contributed by atoms with Gasteiger partial charge < -0.3 is 10.6 Å². The molecule has 1 rings (SSSR count). The summed E-state index contributed by atoms with van der Waals surface area (Å²) >= 11 is 0. The molecule has 0 aliphatic carbocycles. The zero-order chi connectivity index (χ0) is 13.7. The number of hydrogen-bond acceptors (Lipinski definition) is 1. The van der Waals surface area contributed by atoms with Crippen molar-refractivity contribution in [3.8, 4) is 0 Å². The molecule has 1 aromatic carbocycles. The lowest BCUT2D eigenvalue weighted by atomic mass is 9.98. The molecule has 0 unspecified atom stereocenters. The van der Waals surface area contributed by atoms with Crippen LogP contribution < -0.4 is 10.6 Å². The third-order valence-corrected chi connectivity index (χ3v) is 3.16. The van der Waals surface area contributed by atoms with Crippen molar-refractivity contribution in [1.82, 2.24) is 5.32 Å². The largest absolute Gasteiger partial charge is 0.335 e. The molecule has 1 aromatic rings. The van der Waals surface area contributed by atoms with Gasteiger partial charge in [0.15, 0.2) is 0 Å². The van der Waals surface area contributed by atoms with Crippen molar-refractivity contribution in [2.45, 2.75) is 53.0 Å². The molecule has 0 aromatic heterocycles. The van der Waals surface area contributed by atoms with Crippen LogP contribution in [0.2, 0.25) is 0 Å². The van der Waals surface area contributed by atoms with E-state index >= 15 is 0 Å². The minimum atomic E-state index is -0.124. The first-order valence-corrected chi connectivity index (χ1v) is 6.62. The summed E-state index contributed by atoms with van der Waals surface area (Å²) in [5, 5.41) is 5.90. The minimum absolute atomic E-state index is 0.124. The highest BCUT2D eigenvalue weighted by molar-refractivity contribution is 5.91. The van der Waals surface area contributed by atoms with Crippen LogP contribution in [0.4, 0.5) is 10.5 Å². The van der Waals surface area contributed by atoms with Gasteiger partial charge in [0, 0.05) is 11.7 Å². The average molecular weight is 248 g/mol. The summed E-state index contributed by atoms with van der Waals surface area (Å²) in [5.41, 5.74) is 3.21. The first-order valence-electron chi connectivity index (χ1n) is 6.62. The molecule has 0 spiro atoms. The molecule has 0 bridgehead atoms. The molecular formula is C15H24N2O. The zero-order valence-electron chi connectivity index (χ0n) is 12.0. The van der Waals surface area contributed by atoms with Gasteiger partial charge in [-0.15, -0.1) is 0 Å². The Bertz CT molecular complexity index is 413. The third-order valence-electron chi connectivity index (χ3n) is 3.16. The summed E-state index contributed by atoms with van der Waals surface area (Å²) < 4.78 is 0. The number of carbonyl (C=O) groups is 1. The molecule has 3 nitrogen and oxygen atoms in total. The van der Waals surface area contributed by atoms with E-state index in [1.165, 1.54) is 5.56 Å². The summed E-state index contributed by atoms with van der Waals surface area (Å²) in [6, 6.07) is 6.18. The summed E-state index contributed by atoms with van der Waals surface area (Å²) in [6.07, 6.45) is 0.929. The Labute approximate surface area is 110 Å². The maximum Gasteiger partial charge on any atom is 0.319 e. The molecular weight excluding hydrogens is 224 g/mol. The van der Waals surface area contributed by atoms with Crippen LogP contribution in [0, 0.1) is 6.92 Å². The highest BCUT2D eigenvalue weighted by atomic mass is 16.2. The lowest BCUT2D eigenvalue weighted by molar-refractivity contribution is 0.249. The average Bonchev–Trinajstić information content (AvgIpc) is 2.31. The quantitative estimate of drug-likeness (QED) is 0.829. The van der Waals surface area contributed by atoms with Gasteiger partial charge in [0.05, 0.1) is 0 Å². The fourth-order valence-electron chi connectivity index (χ4n) is 1.82. The van der Waals surface area contributed by atoms with E-state index in [1.54, 1.807) is 0 Å². The van der Waals surface area contributed by atoms with Crippen molar-refractivity contribution in [2.75, 3.05) is 5.32 Å². The van der Waals surface area contributed by atoms with Gasteiger partial charge in [0.2, 0.25) is 0 Å². The smallest absolute Gasteiger partial charge is 0.319 e. The normalized spacial score (nSPS) is 12.3. The molecule has 2 N–H and O–H groups in total. The zero-order valence-corrected chi connectivity index (χ0v) is 12.0. The summed E-state index contributed by atoms with van der Waals surface area (Å²) in [4.78, 5) is 11.9. The molecule has 0 aliphatic heterocycles. The number of carbonyl (C=O) groups excluding carboxylic acids is 1. The molecule has 1 atom stereocenters. The minimum Gasteiger partial charge on any atom is -0.335 e. The van der Waals surface area contributed by atoms with Crippen molar-refractivity contribution in [3.63, 3.8) is 0 Å². The molecule has 2 amide bonds. The Morgan fingerprint density at radius 1 is 1.28 bits per heavy atom. The monoisotopic (exact) mass is 248 g/mol. The molecule has 18 heavy (non-hydrogen) atoms. The first-order chi connectivity index (χ1) is 8.45. The van der Waals surface area contributed by atoms with Gasteiger partial charge in [-0.2, -0.15) is 0 Å². The molecule has 0 aliphatic rings. The van der Waals surface area contributed by atoms with Gasteiger partial charge in [-0.05, 0) is 37.3 Å². The van der Waals surface area contributed by atoms with Gasteiger partial charge in [-0.3, -0.25) is 0 Å². The van der Waals surface area contributed by atoms with Crippen LogP contribution in [0.3, 0.4) is 0 Å². The lowest BCUT2D eigenvalue weighted by Crippen LogP contribution is -2.36. The molecule has 0 heterocycles. The highest BCUT2D eigenvalue weighted by Gasteiger charge is 2.12. The first kappa shape index (κ1) is 14.6. The second-order valence-corrected chi connectivity index (χ2v) is 5.10. The second kappa shape index (κ2) is 6.43. The van der Waals surface area contributed by atoms with Crippen molar-refractivity contribution in [1.29, 1.82) is 0 Å². The standard InChI is InChI=1S/C15H24N2O/c1-6-12(5)16-15(18)17-14-11(4)8-7-9-13(14)10(2)3/h7-10,12H,6H2,1-5H3,(H2,16,17,18)/t12-/m0/s1. The van der Waals surface area contributed by atoms with Crippen molar-refractivity contribution in [2.24, 2.45) is 0 Å². The van der Waals surface area contributed by atoms with Crippen LogP contribution >= 0.6 is 0 Å². The SMILES string of the molecule is CC[C@H](C)NC(=O)Nc1c(C)cccc1C(C)C. The maximum absolute atomic E-state index is 11.9. The Morgan fingerprint density at radius 2 is 1.94 bits per heavy atom. The van der Waals surface area contributed by atoms with E-state index < -0.39 is 0 Å². The Hall–Kier alpha value is -1.51. The van der Waals surface area contributed by atoms with E-state index in [9.17, 15) is 4.79 Å². The van der Waals surface area contributed by atoms with E-state index in [2.05, 4.69) is 37.5 Å². The van der Waals surface area contributed by atoms with Gasteiger partial charge in [-0.25, -0.2) is 4.79 Å². The predicted octanol–water partition coefficient (Wildman–Crippen LogP) is 4.04. The molecule has 0 fully saturated rings. The van der Waals surface area contributed by atoms with E-state index in [4.69, 9.17) is 0 Å². The summed E-state index contributed by atoms with van der Waals surface area (Å²) in [7, 11) is 0. The van der Waals surface area contributed by atoms with E-state index in [0.717, 1.165) is 17.7 Å². The van der Waals surface area contributed by atoms with Crippen LogP contribution in [-0.2, 0) is 0 Å². The number of hydrogen-bond donors (Lipinski definition) is 2. The Morgan fingerprint density at radius 3 is 2.50 bits per heavy atom. The number of para-hydroxylation sites is 1. The molecule has 100 valence electrons. The topological polar surface area (TPSA) is 41.1 Å². The van der Waals surface area contributed by atoms with Gasteiger partial charge >= 0.3 is 6.03 Å². The molecule has 0 saturated carbocycles. The van der Waals surface area contributed by atoms with Gasteiger partial charge in [-0.1, -0.05) is 39.0 Å². The van der Waals surface area contributed by atoms with Crippen LogP contribution in [-0.4, -0.2) is 12.1 Å². The van der Waals surface area contributed by atoms with E-state index in [0.29, 0.717) is 5.92 Å². The van der Waals surface area contributed by atoms with Crippen molar-refractivity contribution in [3.05, 3.63) is 29.3 Å². The maximum atomic E-state index is 11.9. The second-order valence-electron chi connectivity index (χ2n) is 5.10. The Balaban J connectivity index is 2.86. The number of anilines is 1. The van der Waals surface area contributed by atoms with Crippen molar-refractivity contribution >= 4 is 11.7 Å². The Kier molecular flexibility index (Phi) is 5.20. The highest BCUT2D eigenvalue weighted by Crippen LogP contribution is 2.27. The van der Waals surface area contributed by atoms with E-state index in [1.807, 2.05) is 26.0 Å². The number of nitrogens with one attached hydrogen (secondary N) is 2. The van der Waals surface area contributed by atoms with Gasteiger partial charge in [0.1, 0.15) is 0 Å². The fourth-order valence-corrected chi connectivity index (χ4v) is 1.82. The summed E-state index contributed by atoms with van der Waals surface area (Å²) in [5.74, 6) is 0.392. The van der Waals surface area contributed by atoms with Crippen LogP contribution in [0.5, 0.6) is 0 Å². The third kappa shape index (κ3) is 3.76. The van der Waals surface area contributed by atoms with Gasteiger partial charge in [0.25, 0.3) is 0 Å². The predicted molar refractivity (Wildman–Crippen MR) is 77.2 cm³/mol. The van der Waals surface area contributed by atoms with E-state index in [-0.39, 0.29) is 12.1 Å². The number of benzene rings is 1. The van der Waals surface area contributed by atoms with Crippen LogP contribution in [0.25, 0.3) is 0 Å².